The molecular formula is C22H24FN3O7. The zero-order valence-electron chi connectivity index (χ0n) is 18.1. The van der Waals surface area contributed by atoms with Crippen LogP contribution < -0.4 is 11.5 Å². The topological polar surface area (TPSA) is 187 Å². The number of fused-ring (bicyclic) bond motifs is 3. The van der Waals surface area contributed by atoms with E-state index in [1.165, 1.54) is 19.0 Å². The Kier molecular flexibility index (Phi) is 4.84. The van der Waals surface area contributed by atoms with Crippen LogP contribution in [0, 0.1) is 17.7 Å². The van der Waals surface area contributed by atoms with E-state index in [0.29, 0.717) is 0 Å². The molecule has 0 spiro atoms. The van der Waals surface area contributed by atoms with Crippen molar-refractivity contribution < 1.29 is 39.2 Å². The maximum absolute atomic E-state index is 14.8. The minimum absolute atomic E-state index is 0.0627. The normalized spacial score (nSPS) is 31.5. The maximum Gasteiger partial charge on any atom is 0.255 e. The standard InChI is InChI=1S/C22H24FN3O7/c1-6-7-4-8-15(26(2)3)18(29)14(21(25)32)20(31)22(8,33)19(30)12(7)17(28)13-11(6)9(23)5-10(24)16(13)27/h5-8,15,27-28,31,33H,4,24H2,1-3H3,(H2,25,32)/t6-,7-,8+,15+,22+/m1/s1. The van der Waals surface area contributed by atoms with Crippen molar-refractivity contribution in [2.45, 2.75) is 30.9 Å². The van der Waals surface area contributed by atoms with Crippen molar-refractivity contribution in [3.8, 4) is 5.75 Å². The number of phenols is 1. The fourth-order valence-electron chi connectivity index (χ4n) is 5.65. The van der Waals surface area contributed by atoms with Crippen LogP contribution >= 0.6 is 0 Å². The van der Waals surface area contributed by atoms with Crippen LogP contribution in [0.1, 0.15) is 30.4 Å². The van der Waals surface area contributed by atoms with Gasteiger partial charge in [0, 0.05) is 23.1 Å². The molecule has 1 aromatic carbocycles. The number of likely N-dealkylation sites (N-methyl/N-ethyl adjacent to an activating group) is 1. The lowest BCUT2D eigenvalue weighted by atomic mass is 9.55. The Morgan fingerprint density at radius 2 is 1.85 bits per heavy atom. The first-order valence-corrected chi connectivity index (χ1v) is 10.2. The molecule has 3 aliphatic carbocycles. The summed E-state index contributed by atoms with van der Waals surface area (Å²) >= 11 is 0. The van der Waals surface area contributed by atoms with E-state index in [9.17, 15) is 39.2 Å². The van der Waals surface area contributed by atoms with Gasteiger partial charge in [-0.05, 0) is 32.4 Å². The number of hydrogen-bond donors (Lipinski definition) is 6. The number of nitrogens with zero attached hydrogens (tertiary/aromatic N) is 1. The number of ketones is 2. The number of nitrogen functional groups attached to an aromatic ring is 1. The molecule has 1 aromatic rings. The van der Waals surface area contributed by atoms with Crippen molar-refractivity contribution in [1.29, 1.82) is 0 Å². The number of carbonyl (C=O) groups is 3. The number of amides is 1. The first-order valence-electron chi connectivity index (χ1n) is 10.2. The van der Waals surface area contributed by atoms with Gasteiger partial charge in [-0.1, -0.05) is 6.92 Å². The summed E-state index contributed by atoms with van der Waals surface area (Å²) in [6, 6.07) is -0.302. The number of aliphatic hydroxyl groups is 3. The summed E-state index contributed by atoms with van der Waals surface area (Å²) in [5.74, 6) is -9.63. The smallest absolute Gasteiger partial charge is 0.255 e. The molecule has 1 amide bonds. The number of Topliss-reactive ketones (excluding diaryl/α,β-unsaturated/α-hetero) is 2. The van der Waals surface area contributed by atoms with E-state index in [4.69, 9.17) is 11.5 Å². The second kappa shape index (κ2) is 7.03. The molecule has 1 saturated carbocycles. The highest BCUT2D eigenvalue weighted by Gasteiger charge is 2.65. The Labute approximate surface area is 187 Å². The molecule has 8 N–H and O–H groups in total. The molecule has 11 heteroatoms. The highest BCUT2D eigenvalue weighted by atomic mass is 19.1. The van der Waals surface area contributed by atoms with Gasteiger partial charge in [0.05, 0.1) is 17.3 Å². The Morgan fingerprint density at radius 1 is 1.24 bits per heavy atom. The number of primary amides is 1. The molecule has 33 heavy (non-hydrogen) atoms. The summed E-state index contributed by atoms with van der Waals surface area (Å²) in [6.45, 7) is 1.58. The summed E-state index contributed by atoms with van der Waals surface area (Å²) in [6.07, 6.45) is -0.127. The predicted molar refractivity (Wildman–Crippen MR) is 113 cm³/mol. The zero-order valence-corrected chi connectivity index (χ0v) is 18.1. The number of phenolic OH excluding ortho intramolecular Hbond substituents is 1. The molecule has 0 unspecified atom stereocenters. The Balaban J connectivity index is 2.04. The molecule has 1 fully saturated rings. The van der Waals surface area contributed by atoms with Crippen molar-refractivity contribution in [2.24, 2.45) is 17.6 Å². The number of aliphatic hydroxyl groups excluding tert-OH is 2. The predicted octanol–water partition coefficient (Wildman–Crippen LogP) is 0.246. The number of carbonyl (C=O) groups excluding carboxylic acids is 3. The average Bonchev–Trinajstić information content (AvgIpc) is 2.70. The molecule has 3 aliphatic rings. The van der Waals surface area contributed by atoms with E-state index >= 15 is 0 Å². The van der Waals surface area contributed by atoms with Gasteiger partial charge in [-0.15, -0.1) is 0 Å². The fourth-order valence-corrected chi connectivity index (χ4v) is 5.65. The van der Waals surface area contributed by atoms with E-state index in [-0.39, 0.29) is 28.8 Å². The first kappa shape index (κ1) is 22.7. The molecule has 0 aromatic heterocycles. The molecular weight excluding hydrogens is 437 g/mol. The SMILES string of the molecule is C[C@H]1c2c(F)cc(N)c(O)c2C(O)=C2C(=O)[C@]3(O)C(O)=C(C(N)=O)C(=O)[C@@H](N(C)C)[C@@H]3C[C@@H]21. The Hall–Kier alpha value is -3.44. The highest BCUT2D eigenvalue weighted by molar-refractivity contribution is 6.24. The van der Waals surface area contributed by atoms with Crippen molar-refractivity contribution >= 4 is 28.9 Å². The minimum Gasteiger partial charge on any atom is -0.508 e. The Bertz CT molecular complexity index is 1200. The molecule has 10 nitrogen and oxygen atoms in total. The van der Waals surface area contributed by atoms with Gasteiger partial charge in [0.25, 0.3) is 5.91 Å². The lowest BCUT2D eigenvalue weighted by Crippen LogP contribution is -2.66. The number of anilines is 1. The van der Waals surface area contributed by atoms with Crippen LogP contribution in [-0.4, -0.2) is 68.5 Å². The molecule has 0 bridgehead atoms. The first-order chi connectivity index (χ1) is 15.3. The largest absolute Gasteiger partial charge is 0.508 e. The van der Waals surface area contributed by atoms with Crippen LogP contribution in [0.5, 0.6) is 5.75 Å². The van der Waals surface area contributed by atoms with Gasteiger partial charge < -0.3 is 31.9 Å². The van der Waals surface area contributed by atoms with Gasteiger partial charge >= 0.3 is 0 Å². The second-order valence-electron chi connectivity index (χ2n) is 9.04. The van der Waals surface area contributed by atoms with Gasteiger partial charge in [-0.25, -0.2) is 4.39 Å². The molecule has 4 rings (SSSR count). The van der Waals surface area contributed by atoms with Gasteiger partial charge in [0.1, 0.15) is 28.7 Å². The number of benzene rings is 1. The van der Waals surface area contributed by atoms with Crippen LogP contribution in [-0.2, 0) is 14.4 Å². The molecule has 0 heterocycles. The summed E-state index contributed by atoms with van der Waals surface area (Å²) in [7, 11) is 2.99. The minimum atomic E-state index is -2.75. The third-order valence-electron chi connectivity index (χ3n) is 7.17. The molecule has 5 atom stereocenters. The number of rotatable bonds is 2. The average molecular weight is 461 g/mol. The van der Waals surface area contributed by atoms with Crippen molar-refractivity contribution in [3.05, 3.63) is 39.9 Å². The van der Waals surface area contributed by atoms with Gasteiger partial charge in [0.2, 0.25) is 5.78 Å². The summed E-state index contributed by atoms with van der Waals surface area (Å²) in [5, 5.41) is 43.6. The molecule has 0 radical (unpaired) electrons. The van der Waals surface area contributed by atoms with Crippen LogP contribution in [0.3, 0.4) is 0 Å². The molecule has 176 valence electrons. The van der Waals surface area contributed by atoms with Crippen LogP contribution in [0.4, 0.5) is 10.1 Å². The number of halogens is 1. The summed E-state index contributed by atoms with van der Waals surface area (Å²) < 4.78 is 14.8. The Morgan fingerprint density at radius 3 is 2.39 bits per heavy atom. The van der Waals surface area contributed by atoms with E-state index in [1.54, 1.807) is 6.92 Å². The molecule has 0 saturated heterocycles. The van der Waals surface area contributed by atoms with Crippen molar-refractivity contribution in [2.75, 3.05) is 19.8 Å². The van der Waals surface area contributed by atoms with Gasteiger partial charge in [-0.2, -0.15) is 0 Å². The third-order valence-corrected chi connectivity index (χ3v) is 7.17. The van der Waals surface area contributed by atoms with Crippen LogP contribution in [0.15, 0.2) is 23.0 Å². The fraction of sp³-hybridized carbons (Fsp3) is 0.409. The van der Waals surface area contributed by atoms with E-state index < -0.39 is 75.5 Å². The van der Waals surface area contributed by atoms with E-state index in [0.717, 1.165) is 6.07 Å². The summed E-state index contributed by atoms with van der Waals surface area (Å²) in [5.41, 5.74) is 6.07. The van der Waals surface area contributed by atoms with E-state index in [1.807, 2.05) is 0 Å². The van der Waals surface area contributed by atoms with Crippen LogP contribution in [0.25, 0.3) is 5.76 Å². The quantitative estimate of drug-likeness (QED) is 0.204. The zero-order chi connectivity index (χ0) is 24.7. The third kappa shape index (κ3) is 2.69. The van der Waals surface area contributed by atoms with E-state index in [2.05, 4.69) is 0 Å². The number of nitrogens with two attached hydrogens (primary N) is 2. The summed E-state index contributed by atoms with van der Waals surface area (Å²) in [4.78, 5) is 40.0. The highest BCUT2D eigenvalue weighted by Crippen LogP contribution is 2.56. The lowest BCUT2D eigenvalue weighted by Gasteiger charge is -2.51. The second-order valence-corrected chi connectivity index (χ2v) is 9.04. The van der Waals surface area contributed by atoms with Gasteiger partial charge in [0.15, 0.2) is 11.4 Å². The number of hydrogen-bond acceptors (Lipinski definition) is 9. The molecule has 0 aliphatic heterocycles. The maximum atomic E-state index is 14.8. The van der Waals surface area contributed by atoms with Crippen molar-refractivity contribution in [3.63, 3.8) is 0 Å². The van der Waals surface area contributed by atoms with Crippen LogP contribution in [0.2, 0.25) is 0 Å². The number of aromatic hydroxyl groups is 1. The monoisotopic (exact) mass is 461 g/mol. The van der Waals surface area contributed by atoms with Crippen molar-refractivity contribution in [1.82, 2.24) is 4.90 Å². The lowest BCUT2D eigenvalue weighted by molar-refractivity contribution is -0.154. The van der Waals surface area contributed by atoms with Gasteiger partial charge in [-0.3, -0.25) is 19.3 Å².